The Morgan fingerprint density at radius 3 is 2.00 bits per heavy atom. The average Bonchev–Trinajstić information content (AvgIpc) is 2.63. The summed E-state index contributed by atoms with van der Waals surface area (Å²) in [7, 11) is 1.64. The van der Waals surface area contributed by atoms with Crippen molar-refractivity contribution in [3.63, 3.8) is 0 Å². The SMILES string of the molecule is CCOc1ccc(OCCOCCOc2ccc(C)cc2OC)cc1. The van der Waals surface area contributed by atoms with Crippen LogP contribution in [0.1, 0.15) is 12.5 Å². The molecule has 0 atom stereocenters. The fourth-order valence-corrected chi connectivity index (χ4v) is 2.22. The molecule has 2 aromatic carbocycles. The van der Waals surface area contributed by atoms with Gasteiger partial charge in [0.15, 0.2) is 11.5 Å². The van der Waals surface area contributed by atoms with Gasteiger partial charge >= 0.3 is 0 Å². The van der Waals surface area contributed by atoms with Gasteiger partial charge in [0.2, 0.25) is 0 Å². The van der Waals surface area contributed by atoms with Gasteiger partial charge in [0.1, 0.15) is 24.7 Å². The van der Waals surface area contributed by atoms with E-state index in [1.54, 1.807) is 7.11 Å². The molecule has 5 heteroatoms. The maximum absolute atomic E-state index is 5.68. The molecule has 2 aromatic rings. The molecule has 0 spiro atoms. The van der Waals surface area contributed by atoms with Crippen LogP contribution in [0.5, 0.6) is 23.0 Å². The van der Waals surface area contributed by atoms with Crippen LogP contribution in [0, 0.1) is 6.92 Å². The van der Waals surface area contributed by atoms with E-state index < -0.39 is 0 Å². The van der Waals surface area contributed by atoms with Gasteiger partial charge in [-0.1, -0.05) is 6.07 Å². The van der Waals surface area contributed by atoms with Crippen LogP contribution >= 0.6 is 0 Å². The third-order valence-corrected chi connectivity index (χ3v) is 3.44. The predicted octanol–water partition coefficient (Wildman–Crippen LogP) is 3.88. The molecular weight excluding hydrogens is 320 g/mol. The molecule has 0 fully saturated rings. The number of hydrogen-bond donors (Lipinski definition) is 0. The minimum absolute atomic E-state index is 0.461. The van der Waals surface area contributed by atoms with Crippen molar-refractivity contribution in [3.8, 4) is 23.0 Å². The second-order valence-corrected chi connectivity index (χ2v) is 5.37. The lowest BCUT2D eigenvalue weighted by molar-refractivity contribution is 0.0757. The van der Waals surface area contributed by atoms with Crippen molar-refractivity contribution in [2.45, 2.75) is 13.8 Å². The number of rotatable bonds is 11. The highest BCUT2D eigenvalue weighted by Gasteiger charge is 2.04. The van der Waals surface area contributed by atoms with Gasteiger partial charge in [-0.15, -0.1) is 0 Å². The summed E-state index contributed by atoms with van der Waals surface area (Å²) in [6.07, 6.45) is 0. The van der Waals surface area contributed by atoms with E-state index in [-0.39, 0.29) is 0 Å². The van der Waals surface area contributed by atoms with Crippen LogP contribution in [-0.2, 0) is 4.74 Å². The van der Waals surface area contributed by atoms with Gasteiger partial charge in [-0.05, 0) is 55.8 Å². The lowest BCUT2D eigenvalue weighted by Gasteiger charge is -2.12. The molecule has 0 amide bonds. The van der Waals surface area contributed by atoms with Crippen molar-refractivity contribution in [1.29, 1.82) is 0 Å². The summed E-state index contributed by atoms with van der Waals surface area (Å²) in [6.45, 7) is 6.57. The largest absolute Gasteiger partial charge is 0.494 e. The summed E-state index contributed by atoms with van der Waals surface area (Å²) in [4.78, 5) is 0. The van der Waals surface area contributed by atoms with Crippen molar-refractivity contribution in [1.82, 2.24) is 0 Å². The van der Waals surface area contributed by atoms with E-state index in [4.69, 9.17) is 23.7 Å². The molecule has 0 heterocycles. The Morgan fingerprint density at radius 2 is 1.36 bits per heavy atom. The van der Waals surface area contributed by atoms with Crippen LogP contribution in [0.3, 0.4) is 0 Å². The Balaban J connectivity index is 1.59. The van der Waals surface area contributed by atoms with E-state index >= 15 is 0 Å². The first-order chi connectivity index (χ1) is 12.2. The number of hydrogen-bond acceptors (Lipinski definition) is 5. The Bertz CT molecular complexity index is 624. The van der Waals surface area contributed by atoms with Crippen molar-refractivity contribution >= 4 is 0 Å². The first-order valence-corrected chi connectivity index (χ1v) is 8.43. The van der Waals surface area contributed by atoms with E-state index in [1.165, 1.54) is 0 Å². The smallest absolute Gasteiger partial charge is 0.161 e. The maximum atomic E-state index is 5.68. The van der Waals surface area contributed by atoms with E-state index in [0.29, 0.717) is 33.0 Å². The van der Waals surface area contributed by atoms with Crippen LogP contribution < -0.4 is 18.9 Å². The molecule has 0 bridgehead atoms. The number of methoxy groups -OCH3 is 1. The molecule has 5 nitrogen and oxygen atoms in total. The van der Waals surface area contributed by atoms with Gasteiger partial charge in [-0.25, -0.2) is 0 Å². The van der Waals surface area contributed by atoms with Gasteiger partial charge in [0.25, 0.3) is 0 Å². The molecule has 0 radical (unpaired) electrons. The van der Waals surface area contributed by atoms with Gasteiger partial charge in [0.05, 0.1) is 26.9 Å². The molecule has 136 valence electrons. The molecule has 0 aliphatic rings. The Kier molecular flexibility index (Phi) is 7.92. The molecule has 0 aromatic heterocycles. The highest BCUT2D eigenvalue weighted by molar-refractivity contribution is 5.42. The summed E-state index contributed by atoms with van der Waals surface area (Å²) in [5, 5.41) is 0. The van der Waals surface area contributed by atoms with E-state index in [9.17, 15) is 0 Å². The first kappa shape index (κ1) is 18.9. The Hall–Kier alpha value is -2.40. The summed E-state index contributed by atoms with van der Waals surface area (Å²) < 4.78 is 27.5. The van der Waals surface area contributed by atoms with E-state index in [1.807, 2.05) is 56.3 Å². The predicted molar refractivity (Wildman–Crippen MR) is 97.2 cm³/mol. The number of benzene rings is 2. The second-order valence-electron chi connectivity index (χ2n) is 5.37. The summed E-state index contributed by atoms with van der Waals surface area (Å²) >= 11 is 0. The van der Waals surface area contributed by atoms with Crippen LogP contribution in [-0.4, -0.2) is 40.1 Å². The van der Waals surface area contributed by atoms with Crippen LogP contribution in [0.4, 0.5) is 0 Å². The van der Waals surface area contributed by atoms with E-state index in [2.05, 4.69) is 0 Å². The quantitative estimate of drug-likeness (QED) is 0.578. The number of aryl methyl sites for hydroxylation is 1. The normalized spacial score (nSPS) is 10.4. The molecule has 0 N–H and O–H groups in total. The fraction of sp³-hybridized carbons (Fsp3) is 0.400. The van der Waals surface area contributed by atoms with Crippen LogP contribution in [0.25, 0.3) is 0 Å². The highest BCUT2D eigenvalue weighted by Crippen LogP contribution is 2.27. The standard InChI is InChI=1S/C20H26O5/c1-4-23-17-6-8-18(9-7-17)24-13-11-22-12-14-25-19-10-5-16(2)15-20(19)21-3/h5-10,15H,4,11-14H2,1-3H3. The van der Waals surface area contributed by atoms with Crippen molar-refractivity contribution < 1.29 is 23.7 Å². The second kappa shape index (κ2) is 10.5. The Labute approximate surface area is 149 Å². The summed E-state index contributed by atoms with van der Waals surface area (Å²) in [5.41, 5.74) is 1.13. The van der Waals surface area contributed by atoms with Gasteiger partial charge < -0.3 is 23.7 Å². The monoisotopic (exact) mass is 346 g/mol. The zero-order chi connectivity index (χ0) is 17.9. The fourth-order valence-electron chi connectivity index (χ4n) is 2.22. The van der Waals surface area contributed by atoms with Gasteiger partial charge in [-0.2, -0.15) is 0 Å². The maximum Gasteiger partial charge on any atom is 0.161 e. The van der Waals surface area contributed by atoms with E-state index in [0.717, 1.165) is 28.6 Å². The minimum atomic E-state index is 0.461. The highest BCUT2D eigenvalue weighted by atomic mass is 16.6. The lowest BCUT2D eigenvalue weighted by atomic mass is 10.2. The van der Waals surface area contributed by atoms with Crippen molar-refractivity contribution in [2.24, 2.45) is 0 Å². The molecular formula is C20H26O5. The summed E-state index contributed by atoms with van der Waals surface area (Å²) in [6, 6.07) is 13.4. The molecule has 25 heavy (non-hydrogen) atoms. The van der Waals surface area contributed by atoms with Crippen LogP contribution in [0.2, 0.25) is 0 Å². The van der Waals surface area contributed by atoms with Crippen molar-refractivity contribution in [2.75, 3.05) is 40.1 Å². The average molecular weight is 346 g/mol. The lowest BCUT2D eigenvalue weighted by Crippen LogP contribution is -2.12. The topological polar surface area (TPSA) is 46.2 Å². The minimum Gasteiger partial charge on any atom is -0.494 e. The third kappa shape index (κ3) is 6.55. The third-order valence-electron chi connectivity index (χ3n) is 3.44. The van der Waals surface area contributed by atoms with Crippen molar-refractivity contribution in [3.05, 3.63) is 48.0 Å². The zero-order valence-electron chi connectivity index (χ0n) is 15.1. The van der Waals surface area contributed by atoms with Gasteiger partial charge in [-0.3, -0.25) is 0 Å². The molecule has 0 saturated heterocycles. The molecule has 0 aliphatic heterocycles. The van der Waals surface area contributed by atoms with Crippen LogP contribution in [0.15, 0.2) is 42.5 Å². The van der Waals surface area contributed by atoms with Gasteiger partial charge in [0, 0.05) is 0 Å². The molecule has 0 aliphatic carbocycles. The summed E-state index contributed by atoms with van der Waals surface area (Å²) in [5.74, 6) is 3.10. The molecule has 0 saturated carbocycles. The molecule has 2 rings (SSSR count). The molecule has 0 unspecified atom stereocenters. The number of ether oxygens (including phenoxy) is 5. The zero-order valence-corrected chi connectivity index (χ0v) is 15.1. The Morgan fingerprint density at radius 1 is 0.720 bits per heavy atom. The first-order valence-electron chi connectivity index (χ1n) is 8.43.